The molecule has 0 N–H and O–H groups in total. The molecule has 2 aromatic carbocycles. The number of hydrogen-bond acceptors (Lipinski definition) is 2. The lowest BCUT2D eigenvalue weighted by Gasteiger charge is -2.14. The van der Waals surface area contributed by atoms with Crippen LogP contribution in [0.2, 0.25) is 0 Å². The standard InChI is InChI=1S/C18H19BrO2/c1-2-13-4-6-14(7-5-13)18(19)15-8-9-16-17(12-15)21-11-3-10-20-16/h4-9,12,18H,2-3,10-11H2,1H3. The van der Waals surface area contributed by atoms with Crippen LogP contribution in [0.5, 0.6) is 11.5 Å². The lowest BCUT2D eigenvalue weighted by molar-refractivity contribution is 0.297. The molecule has 3 rings (SSSR count). The van der Waals surface area contributed by atoms with Crippen LogP contribution >= 0.6 is 15.9 Å². The van der Waals surface area contributed by atoms with Crippen LogP contribution in [0.25, 0.3) is 0 Å². The van der Waals surface area contributed by atoms with Gasteiger partial charge in [0, 0.05) is 6.42 Å². The minimum Gasteiger partial charge on any atom is -0.490 e. The van der Waals surface area contributed by atoms with E-state index >= 15 is 0 Å². The lowest BCUT2D eigenvalue weighted by Crippen LogP contribution is -1.97. The van der Waals surface area contributed by atoms with E-state index in [9.17, 15) is 0 Å². The second-order valence-corrected chi connectivity index (χ2v) is 6.13. The van der Waals surface area contributed by atoms with Crippen LogP contribution in [0.3, 0.4) is 0 Å². The fourth-order valence-corrected chi connectivity index (χ4v) is 3.04. The third kappa shape index (κ3) is 3.24. The Morgan fingerprint density at radius 1 is 0.952 bits per heavy atom. The summed E-state index contributed by atoms with van der Waals surface area (Å²) in [6.07, 6.45) is 2.00. The van der Waals surface area contributed by atoms with Crippen molar-refractivity contribution in [3.63, 3.8) is 0 Å². The van der Waals surface area contributed by atoms with Crippen LogP contribution < -0.4 is 9.47 Å². The molecular weight excluding hydrogens is 328 g/mol. The normalized spacial score (nSPS) is 15.3. The molecule has 0 spiro atoms. The molecule has 0 fully saturated rings. The maximum absolute atomic E-state index is 5.77. The van der Waals surface area contributed by atoms with E-state index < -0.39 is 0 Å². The van der Waals surface area contributed by atoms with Gasteiger partial charge < -0.3 is 9.47 Å². The molecular formula is C18H19BrO2. The molecule has 2 aromatic rings. The molecule has 1 aliphatic rings. The third-order valence-corrected chi connectivity index (χ3v) is 4.80. The number of aryl methyl sites for hydroxylation is 1. The molecule has 1 heterocycles. The van der Waals surface area contributed by atoms with Gasteiger partial charge in [0.25, 0.3) is 0 Å². The molecule has 110 valence electrons. The molecule has 0 radical (unpaired) electrons. The van der Waals surface area contributed by atoms with Gasteiger partial charge in [-0.05, 0) is 35.2 Å². The number of fused-ring (bicyclic) bond motifs is 1. The first-order valence-corrected chi connectivity index (χ1v) is 8.32. The largest absolute Gasteiger partial charge is 0.490 e. The Labute approximate surface area is 134 Å². The summed E-state index contributed by atoms with van der Waals surface area (Å²) in [6, 6.07) is 14.9. The second kappa shape index (κ2) is 6.52. The molecule has 1 aliphatic heterocycles. The van der Waals surface area contributed by atoms with Crippen molar-refractivity contribution in [1.82, 2.24) is 0 Å². The number of benzene rings is 2. The molecule has 0 saturated carbocycles. The first-order valence-electron chi connectivity index (χ1n) is 7.40. The molecule has 3 heteroatoms. The quantitative estimate of drug-likeness (QED) is 0.736. The van der Waals surface area contributed by atoms with E-state index in [1.54, 1.807) is 0 Å². The molecule has 1 unspecified atom stereocenters. The molecule has 0 saturated heterocycles. The molecule has 0 amide bonds. The number of ether oxygens (including phenoxy) is 2. The molecule has 0 aromatic heterocycles. The van der Waals surface area contributed by atoms with Crippen molar-refractivity contribution in [3.8, 4) is 11.5 Å². The van der Waals surface area contributed by atoms with Gasteiger partial charge in [0.2, 0.25) is 0 Å². The summed E-state index contributed by atoms with van der Waals surface area (Å²) in [5.41, 5.74) is 3.79. The van der Waals surface area contributed by atoms with Gasteiger partial charge in [-0.2, -0.15) is 0 Å². The topological polar surface area (TPSA) is 18.5 Å². The van der Waals surface area contributed by atoms with E-state index in [2.05, 4.69) is 59.3 Å². The summed E-state index contributed by atoms with van der Waals surface area (Å²) < 4.78 is 11.4. The zero-order valence-corrected chi connectivity index (χ0v) is 13.7. The summed E-state index contributed by atoms with van der Waals surface area (Å²) in [5, 5.41) is 0. The maximum Gasteiger partial charge on any atom is 0.161 e. The highest BCUT2D eigenvalue weighted by Crippen LogP contribution is 2.37. The fraction of sp³-hybridized carbons (Fsp3) is 0.333. The summed E-state index contributed by atoms with van der Waals surface area (Å²) >= 11 is 3.79. The van der Waals surface area contributed by atoms with E-state index in [0.717, 1.165) is 30.9 Å². The Kier molecular flexibility index (Phi) is 4.49. The van der Waals surface area contributed by atoms with Gasteiger partial charge in [0.05, 0.1) is 18.0 Å². The summed E-state index contributed by atoms with van der Waals surface area (Å²) in [4.78, 5) is 0.167. The molecule has 2 nitrogen and oxygen atoms in total. The average Bonchev–Trinajstić information content (AvgIpc) is 2.79. The Hall–Kier alpha value is -1.48. The summed E-state index contributed by atoms with van der Waals surface area (Å²) in [6.45, 7) is 3.61. The summed E-state index contributed by atoms with van der Waals surface area (Å²) in [5.74, 6) is 1.69. The Morgan fingerprint density at radius 3 is 2.33 bits per heavy atom. The van der Waals surface area contributed by atoms with Crippen molar-refractivity contribution in [2.45, 2.75) is 24.6 Å². The minimum absolute atomic E-state index is 0.167. The Balaban J connectivity index is 1.86. The highest BCUT2D eigenvalue weighted by Gasteiger charge is 2.15. The van der Waals surface area contributed by atoms with Gasteiger partial charge in [-0.25, -0.2) is 0 Å². The highest BCUT2D eigenvalue weighted by atomic mass is 79.9. The van der Waals surface area contributed by atoms with Gasteiger partial charge in [-0.15, -0.1) is 0 Å². The van der Waals surface area contributed by atoms with Gasteiger partial charge in [-0.3, -0.25) is 0 Å². The van der Waals surface area contributed by atoms with Gasteiger partial charge in [0.15, 0.2) is 11.5 Å². The van der Waals surface area contributed by atoms with Gasteiger partial charge >= 0.3 is 0 Å². The molecule has 0 aliphatic carbocycles. The van der Waals surface area contributed by atoms with E-state index in [1.807, 2.05) is 6.07 Å². The van der Waals surface area contributed by atoms with Gasteiger partial charge in [0.1, 0.15) is 0 Å². The SMILES string of the molecule is CCc1ccc(C(Br)c2ccc3c(c2)OCCCO3)cc1. The van der Waals surface area contributed by atoms with Crippen LogP contribution in [0.1, 0.15) is 34.9 Å². The van der Waals surface area contributed by atoms with Crippen molar-refractivity contribution in [2.75, 3.05) is 13.2 Å². The zero-order valence-electron chi connectivity index (χ0n) is 12.1. The summed E-state index contributed by atoms with van der Waals surface area (Å²) in [7, 11) is 0. The predicted molar refractivity (Wildman–Crippen MR) is 88.6 cm³/mol. The van der Waals surface area contributed by atoms with Crippen molar-refractivity contribution < 1.29 is 9.47 Å². The first-order chi connectivity index (χ1) is 10.3. The average molecular weight is 347 g/mol. The van der Waals surface area contributed by atoms with Crippen LogP contribution in [0.15, 0.2) is 42.5 Å². The van der Waals surface area contributed by atoms with Gasteiger partial charge in [-0.1, -0.05) is 53.2 Å². The molecule has 21 heavy (non-hydrogen) atoms. The second-order valence-electron chi connectivity index (χ2n) is 5.21. The molecule has 1 atom stereocenters. The smallest absolute Gasteiger partial charge is 0.161 e. The fourth-order valence-electron chi connectivity index (χ4n) is 2.45. The van der Waals surface area contributed by atoms with E-state index in [-0.39, 0.29) is 4.83 Å². The van der Waals surface area contributed by atoms with Crippen LogP contribution in [-0.4, -0.2) is 13.2 Å². The Bertz CT molecular complexity index is 607. The van der Waals surface area contributed by atoms with E-state index in [0.29, 0.717) is 6.61 Å². The van der Waals surface area contributed by atoms with Crippen molar-refractivity contribution in [2.24, 2.45) is 0 Å². The van der Waals surface area contributed by atoms with E-state index in [4.69, 9.17) is 9.47 Å². The third-order valence-electron chi connectivity index (χ3n) is 3.74. The Morgan fingerprint density at radius 2 is 1.62 bits per heavy atom. The van der Waals surface area contributed by atoms with Crippen LogP contribution in [-0.2, 0) is 6.42 Å². The van der Waals surface area contributed by atoms with Crippen molar-refractivity contribution >= 4 is 15.9 Å². The minimum atomic E-state index is 0.167. The van der Waals surface area contributed by atoms with E-state index in [1.165, 1.54) is 16.7 Å². The highest BCUT2D eigenvalue weighted by molar-refractivity contribution is 9.09. The monoisotopic (exact) mass is 346 g/mol. The number of hydrogen-bond donors (Lipinski definition) is 0. The number of halogens is 1. The maximum atomic E-state index is 5.77. The lowest BCUT2D eigenvalue weighted by atomic mass is 10.0. The predicted octanol–water partition coefficient (Wildman–Crippen LogP) is 4.89. The zero-order chi connectivity index (χ0) is 14.7. The van der Waals surface area contributed by atoms with Crippen LogP contribution in [0.4, 0.5) is 0 Å². The number of rotatable bonds is 3. The van der Waals surface area contributed by atoms with Crippen molar-refractivity contribution in [3.05, 3.63) is 59.2 Å². The van der Waals surface area contributed by atoms with Crippen molar-refractivity contribution in [1.29, 1.82) is 0 Å². The van der Waals surface area contributed by atoms with Crippen LogP contribution in [0, 0.1) is 0 Å². The first kappa shape index (κ1) is 14.5. The molecule has 0 bridgehead atoms. The number of alkyl halides is 1.